The van der Waals surface area contributed by atoms with Crippen LogP contribution >= 0.6 is 0 Å². The zero-order chi connectivity index (χ0) is 11.5. The first kappa shape index (κ1) is 10.5. The molecular formula is C13H15N3. The van der Waals surface area contributed by atoms with Crippen LogP contribution in [0.3, 0.4) is 0 Å². The minimum Gasteiger partial charge on any atom is -0.399 e. The Morgan fingerprint density at radius 1 is 1.06 bits per heavy atom. The molecule has 0 radical (unpaired) electrons. The van der Waals surface area contributed by atoms with Crippen LogP contribution in [0.5, 0.6) is 0 Å². The molecule has 0 saturated heterocycles. The maximum Gasteiger partial charge on any atom is 0.0627 e. The first-order valence-corrected chi connectivity index (χ1v) is 5.16. The van der Waals surface area contributed by atoms with Crippen molar-refractivity contribution in [3.8, 4) is 11.1 Å². The highest BCUT2D eigenvalue weighted by atomic mass is 15.1. The van der Waals surface area contributed by atoms with Crippen molar-refractivity contribution in [2.24, 2.45) is 0 Å². The third-order valence-corrected chi connectivity index (χ3v) is 2.50. The van der Waals surface area contributed by atoms with Crippen LogP contribution in [0.4, 0.5) is 11.4 Å². The Hall–Kier alpha value is -2.03. The lowest BCUT2D eigenvalue weighted by atomic mass is 10.0. The number of hydrogen-bond acceptors (Lipinski definition) is 3. The van der Waals surface area contributed by atoms with Crippen LogP contribution in [0.15, 0.2) is 42.7 Å². The van der Waals surface area contributed by atoms with Crippen LogP contribution in [0.2, 0.25) is 0 Å². The lowest BCUT2D eigenvalue weighted by molar-refractivity contribution is 1.11. The van der Waals surface area contributed by atoms with Gasteiger partial charge in [0.25, 0.3) is 0 Å². The molecule has 16 heavy (non-hydrogen) atoms. The fourth-order valence-electron chi connectivity index (χ4n) is 1.65. The second-order valence-electron chi connectivity index (χ2n) is 3.91. The highest BCUT2D eigenvalue weighted by Gasteiger charge is 2.05. The normalized spacial score (nSPS) is 10.1. The number of nitrogens with zero attached hydrogens (tertiary/aromatic N) is 2. The van der Waals surface area contributed by atoms with Gasteiger partial charge in [0, 0.05) is 31.5 Å². The monoisotopic (exact) mass is 213 g/mol. The highest BCUT2D eigenvalue weighted by molar-refractivity contribution is 5.78. The summed E-state index contributed by atoms with van der Waals surface area (Å²) < 4.78 is 0. The number of nitrogens with two attached hydrogens (primary N) is 1. The molecule has 0 aliphatic carbocycles. The quantitative estimate of drug-likeness (QED) is 0.779. The van der Waals surface area contributed by atoms with Crippen molar-refractivity contribution in [2.45, 2.75) is 0 Å². The molecule has 1 heterocycles. The smallest absolute Gasteiger partial charge is 0.0627 e. The van der Waals surface area contributed by atoms with Gasteiger partial charge in [0.2, 0.25) is 0 Å². The number of pyridine rings is 1. The van der Waals surface area contributed by atoms with E-state index in [1.54, 1.807) is 6.20 Å². The summed E-state index contributed by atoms with van der Waals surface area (Å²) >= 11 is 0. The SMILES string of the molecule is CN(C)c1cnccc1-c1ccc(N)cc1. The maximum atomic E-state index is 5.68. The molecule has 0 bridgehead atoms. The minimum atomic E-state index is 0.782. The number of aromatic nitrogens is 1. The standard InChI is InChI=1S/C13H15N3/c1-16(2)13-9-15-8-7-12(13)10-3-5-11(14)6-4-10/h3-9H,14H2,1-2H3. The number of anilines is 2. The van der Waals surface area contributed by atoms with Crippen molar-refractivity contribution < 1.29 is 0 Å². The van der Waals surface area contributed by atoms with E-state index in [0.717, 1.165) is 16.9 Å². The Kier molecular flexibility index (Phi) is 2.77. The third kappa shape index (κ3) is 1.98. The highest BCUT2D eigenvalue weighted by Crippen LogP contribution is 2.28. The van der Waals surface area contributed by atoms with Gasteiger partial charge in [-0.05, 0) is 23.8 Å². The molecule has 0 saturated carbocycles. The van der Waals surface area contributed by atoms with E-state index in [-0.39, 0.29) is 0 Å². The third-order valence-electron chi connectivity index (χ3n) is 2.50. The fraction of sp³-hybridized carbons (Fsp3) is 0.154. The van der Waals surface area contributed by atoms with Gasteiger partial charge in [-0.25, -0.2) is 0 Å². The van der Waals surface area contributed by atoms with Crippen LogP contribution in [0.25, 0.3) is 11.1 Å². The van der Waals surface area contributed by atoms with Gasteiger partial charge in [-0.2, -0.15) is 0 Å². The van der Waals surface area contributed by atoms with E-state index in [9.17, 15) is 0 Å². The average molecular weight is 213 g/mol. The first-order valence-electron chi connectivity index (χ1n) is 5.16. The van der Waals surface area contributed by atoms with Crippen LogP contribution < -0.4 is 10.6 Å². The molecule has 0 atom stereocenters. The summed E-state index contributed by atoms with van der Waals surface area (Å²) in [5.41, 5.74) is 9.89. The van der Waals surface area contributed by atoms with Crippen LogP contribution in [-0.4, -0.2) is 19.1 Å². The lowest BCUT2D eigenvalue weighted by Gasteiger charge is -2.16. The number of benzene rings is 1. The zero-order valence-electron chi connectivity index (χ0n) is 9.51. The molecule has 2 aromatic rings. The summed E-state index contributed by atoms with van der Waals surface area (Å²) in [6.07, 6.45) is 3.67. The Morgan fingerprint density at radius 2 is 1.75 bits per heavy atom. The van der Waals surface area contributed by atoms with E-state index < -0.39 is 0 Å². The lowest BCUT2D eigenvalue weighted by Crippen LogP contribution is -2.10. The molecule has 0 amide bonds. The van der Waals surface area contributed by atoms with Gasteiger partial charge in [0.05, 0.1) is 11.9 Å². The van der Waals surface area contributed by atoms with E-state index in [4.69, 9.17) is 5.73 Å². The van der Waals surface area contributed by atoms with Crippen molar-refractivity contribution in [3.63, 3.8) is 0 Å². The summed E-state index contributed by atoms with van der Waals surface area (Å²) in [6, 6.07) is 9.89. The van der Waals surface area contributed by atoms with Crippen LogP contribution in [-0.2, 0) is 0 Å². The van der Waals surface area contributed by atoms with E-state index in [1.807, 2.05) is 50.6 Å². The van der Waals surface area contributed by atoms with Gasteiger partial charge in [0.1, 0.15) is 0 Å². The first-order chi connectivity index (χ1) is 7.68. The predicted molar refractivity (Wildman–Crippen MR) is 68.4 cm³/mol. The van der Waals surface area contributed by atoms with E-state index in [1.165, 1.54) is 5.56 Å². The van der Waals surface area contributed by atoms with E-state index >= 15 is 0 Å². The molecule has 2 N–H and O–H groups in total. The Labute approximate surface area is 95.5 Å². The summed E-state index contributed by atoms with van der Waals surface area (Å²) in [5.74, 6) is 0. The zero-order valence-corrected chi connectivity index (χ0v) is 9.51. The Morgan fingerprint density at radius 3 is 2.38 bits per heavy atom. The molecule has 2 rings (SSSR count). The topological polar surface area (TPSA) is 42.2 Å². The number of hydrogen-bond donors (Lipinski definition) is 1. The number of rotatable bonds is 2. The molecule has 1 aromatic heterocycles. The Balaban J connectivity index is 2.51. The van der Waals surface area contributed by atoms with Gasteiger partial charge in [-0.15, -0.1) is 0 Å². The van der Waals surface area contributed by atoms with Gasteiger partial charge >= 0.3 is 0 Å². The van der Waals surface area contributed by atoms with Crippen molar-refractivity contribution >= 4 is 11.4 Å². The molecule has 3 heteroatoms. The van der Waals surface area contributed by atoms with Gasteiger partial charge < -0.3 is 10.6 Å². The van der Waals surface area contributed by atoms with E-state index in [0.29, 0.717) is 0 Å². The van der Waals surface area contributed by atoms with Crippen molar-refractivity contribution in [1.82, 2.24) is 4.98 Å². The molecule has 0 unspecified atom stereocenters. The second kappa shape index (κ2) is 4.23. The molecular weight excluding hydrogens is 198 g/mol. The Bertz CT molecular complexity index is 475. The second-order valence-corrected chi connectivity index (χ2v) is 3.91. The maximum absolute atomic E-state index is 5.68. The number of nitrogen functional groups attached to an aromatic ring is 1. The van der Waals surface area contributed by atoms with Crippen molar-refractivity contribution in [3.05, 3.63) is 42.7 Å². The molecule has 3 nitrogen and oxygen atoms in total. The molecule has 1 aromatic carbocycles. The summed E-state index contributed by atoms with van der Waals surface area (Å²) in [5, 5.41) is 0. The molecule has 82 valence electrons. The largest absolute Gasteiger partial charge is 0.399 e. The summed E-state index contributed by atoms with van der Waals surface area (Å²) in [6.45, 7) is 0. The molecule has 0 fully saturated rings. The van der Waals surface area contributed by atoms with Gasteiger partial charge in [-0.3, -0.25) is 4.98 Å². The molecule has 0 spiro atoms. The fourth-order valence-corrected chi connectivity index (χ4v) is 1.65. The van der Waals surface area contributed by atoms with Crippen LogP contribution in [0, 0.1) is 0 Å². The molecule has 0 aliphatic heterocycles. The van der Waals surface area contributed by atoms with Gasteiger partial charge in [-0.1, -0.05) is 12.1 Å². The van der Waals surface area contributed by atoms with Crippen LogP contribution in [0.1, 0.15) is 0 Å². The minimum absolute atomic E-state index is 0.782. The summed E-state index contributed by atoms with van der Waals surface area (Å²) in [7, 11) is 4.02. The molecule has 0 aliphatic rings. The average Bonchev–Trinajstić information content (AvgIpc) is 2.30. The van der Waals surface area contributed by atoms with E-state index in [2.05, 4.69) is 9.88 Å². The summed E-state index contributed by atoms with van der Waals surface area (Å²) in [4.78, 5) is 6.20. The van der Waals surface area contributed by atoms with Gasteiger partial charge in [0.15, 0.2) is 0 Å². The van der Waals surface area contributed by atoms with Crippen molar-refractivity contribution in [2.75, 3.05) is 24.7 Å². The van der Waals surface area contributed by atoms with Crippen molar-refractivity contribution in [1.29, 1.82) is 0 Å². The predicted octanol–water partition coefficient (Wildman–Crippen LogP) is 2.40.